The second-order valence-corrected chi connectivity index (χ2v) is 9.35. The van der Waals surface area contributed by atoms with Crippen molar-refractivity contribution in [3.63, 3.8) is 0 Å². The van der Waals surface area contributed by atoms with Gasteiger partial charge in [-0.15, -0.1) is 11.3 Å². The number of amides is 1. The van der Waals surface area contributed by atoms with E-state index in [0.29, 0.717) is 16.3 Å². The molecule has 6 nitrogen and oxygen atoms in total. The quantitative estimate of drug-likeness (QED) is 0.570. The minimum Gasteiger partial charge on any atom is -0.468 e. The van der Waals surface area contributed by atoms with E-state index in [2.05, 4.69) is 17.0 Å². The summed E-state index contributed by atoms with van der Waals surface area (Å²) in [6.45, 7) is 4.20. The van der Waals surface area contributed by atoms with E-state index in [1.165, 1.54) is 35.3 Å². The van der Waals surface area contributed by atoms with Crippen molar-refractivity contribution in [2.45, 2.75) is 38.1 Å². The maximum absolute atomic E-state index is 12.5. The van der Waals surface area contributed by atoms with Crippen molar-refractivity contribution < 1.29 is 17.6 Å². The van der Waals surface area contributed by atoms with Gasteiger partial charge in [-0.25, -0.2) is 13.1 Å². The van der Waals surface area contributed by atoms with E-state index in [4.69, 9.17) is 4.42 Å². The molecule has 1 aromatic carbocycles. The number of furan rings is 1. The summed E-state index contributed by atoms with van der Waals surface area (Å²) < 4.78 is 32.3. The molecule has 0 aliphatic rings. The Kier molecular flexibility index (Phi) is 6.33. The summed E-state index contributed by atoms with van der Waals surface area (Å²) in [6, 6.07) is 11.4. The second kappa shape index (κ2) is 8.72. The molecular formula is C20H22N2O4S2. The van der Waals surface area contributed by atoms with Gasteiger partial charge in [0.05, 0.1) is 22.6 Å². The van der Waals surface area contributed by atoms with Crippen molar-refractivity contribution in [2.24, 2.45) is 0 Å². The highest BCUT2D eigenvalue weighted by Crippen LogP contribution is 2.24. The fourth-order valence-electron chi connectivity index (χ4n) is 2.72. The van der Waals surface area contributed by atoms with Gasteiger partial charge in [0.25, 0.3) is 5.91 Å². The van der Waals surface area contributed by atoms with Crippen molar-refractivity contribution in [3.8, 4) is 0 Å². The van der Waals surface area contributed by atoms with E-state index < -0.39 is 10.0 Å². The number of sulfonamides is 1. The fourth-order valence-corrected chi connectivity index (χ4v) is 4.68. The lowest BCUT2D eigenvalue weighted by Gasteiger charge is -2.07. The van der Waals surface area contributed by atoms with Crippen LogP contribution in [0.2, 0.25) is 0 Å². The minimum atomic E-state index is -3.66. The van der Waals surface area contributed by atoms with Crippen LogP contribution in [-0.4, -0.2) is 14.3 Å². The Morgan fingerprint density at radius 2 is 1.93 bits per heavy atom. The van der Waals surface area contributed by atoms with E-state index in [0.717, 1.165) is 17.7 Å². The molecule has 2 N–H and O–H groups in total. The van der Waals surface area contributed by atoms with Crippen LogP contribution in [0.15, 0.2) is 58.0 Å². The second-order valence-electron chi connectivity index (χ2n) is 6.32. The van der Waals surface area contributed by atoms with E-state index >= 15 is 0 Å². The van der Waals surface area contributed by atoms with Gasteiger partial charge in [-0.1, -0.05) is 13.3 Å². The first-order chi connectivity index (χ1) is 13.4. The molecule has 0 bridgehead atoms. The molecule has 1 amide bonds. The van der Waals surface area contributed by atoms with Crippen LogP contribution < -0.4 is 10.0 Å². The topological polar surface area (TPSA) is 88.4 Å². The number of thiophene rings is 1. The Labute approximate surface area is 168 Å². The van der Waals surface area contributed by atoms with Crippen molar-refractivity contribution in [1.29, 1.82) is 0 Å². The molecule has 0 atom stereocenters. The largest absolute Gasteiger partial charge is 0.468 e. The van der Waals surface area contributed by atoms with Gasteiger partial charge in [0.1, 0.15) is 5.76 Å². The average Bonchev–Trinajstić information content (AvgIpc) is 3.31. The van der Waals surface area contributed by atoms with E-state index in [-0.39, 0.29) is 17.3 Å². The van der Waals surface area contributed by atoms with Crippen LogP contribution in [0.4, 0.5) is 5.69 Å². The van der Waals surface area contributed by atoms with Gasteiger partial charge >= 0.3 is 0 Å². The molecular weight excluding hydrogens is 396 g/mol. The van der Waals surface area contributed by atoms with Crippen LogP contribution in [0, 0.1) is 6.92 Å². The number of hydrogen-bond acceptors (Lipinski definition) is 5. The first-order valence-corrected chi connectivity index (χ1v) is 11.2. The Bertz CT molecular complexity index is 1040. The molecule has 148 valence electrons. The Balaban J connectivity index is 1.65. The van der Waals surface area contributed by atoms with Crippen molar-refractivity contribution >= 4 is 33.0 Å². The summed E-state index contributed by atoms with van der Waals surface area (Å²) in [5, 5.41) is 2.82. The molecule has 0 aliphatic heterocycles. The Morgan fingerprint density at radius 1 is 1.18 bits per heavy atom. The third kappa shape index (κ3) is 4.89. The summed E-state index contributed by atoms with van der Waals surface area (Å²) in [6.07, 6.45) is 3.47. The lowest BCUT2D eigenvalue weighted by molar-refractivity contribution is 0.103. The first-order valence-electron chi connectivity index (χ1n) is 8.92. The molecule has 3 aromatic rings. The summed E-state index contributed by atoms with van der Waals surface area (Å²) in [7, 11) is -3.66. The number of benzene rings is 1. The summed E-state index contributed by atoms with van der Waals surface area (Å²) in [4.78, 5) is 14.4. The molecule has 2 heterocycles. The van der Waals surface area contributed by atoms with E-state index in [1.54, 1.807) is 24.3 Å². The highest BCUT2D eigenvalue weighted by Gasteiger charge is 2.16. The number of nitrogens with one attached hydrogen (secondary N) is 2. The molecule has 0 aliphatic carbocycles. The molecule has 28 heavy (non-hydrogen) atoms. The number of rotatable bonds is 8. The zero-order valence-corrected chi connectivity index (χ0v) is 17.3. The summed E-state index contributed by atoms with van der Waals surface area (Å²) in [5.74, 6) is 0.336. The average molecular weight is 419 g/mol. The molecule has 0 spiro atoms. The zero-order chi connectivity index (χ0) is 20.1. The minimum absolute atomic E-state index is 0.0750. The van der Waals surface area contributed by atoms with Gasteiger partial charge in [0.2, 0.25) is 10.0 Å². The summed E-state index contributed by atoms with van der Waals surface area (Å²) in [5.41, 5.74) is 1.74. The summed E-state index contributed by atoms with van der Waals surface area (Å²) >= 11 is 1.47. The van der Waals surface area contributed by atoms with Gasteiger partial charge in [-0.2, -0.15) is 0 Å². The smallest absolute Gasteiger partial charge is 0.265 e. The normalized spacial score (nSPS) is 11.5. The van der Waals surface area contributed by atoms with Crippen LogP contribution in [0.25, 0.3) is 0 Å². The zero-order valence-electron chi connectivity index (χ0n) is 15.7. The molecule has 3 rings (SSSR count). The first kappa shape index (κ1) is 20.3. The molecule has 0 saturated carbocycles. The third-order valence-electron chi connectivity index (χ3n) is 4.20. The lowest BCUT2D eigenvalue weighted by atomic mass is 10.1. The molecule has 0 radical (unpaired) electrons. The molecule has 0 unspecified atom stereocenters. The molecule has 0 saturated heterocycles. The van der Waals surface area contributed by atoms with Crippen molar-refractivity contribution in [2.75, 3.05) is 5.32 Å². The number of carbonyl (C=O) groups excluding carboxylic acids is 1. The van der Waals surface area contributed by atoms with Crippen LogP contribution >= 0.6 is 11.3 Å². The van der Waals surface area contributed by atoms with Gasteiger partial charge in [-0.05, 0) is 61.4 Å². The fraction of sp³-hybridized carbons (Fsp3) is 0.250. The predicted octanol–water partition coefficient (Wildman–Crippen LogP) is 4.33. The number of hydrogen-bond donors (Lipinski definition) is 2. The van der Waals surface area contributed by atoms with E-state index in [9.17, 15) is 13.2 Å². The predicted molar refractivity (Wildman–Crippen MR) is 110 cm³/mol. The van der Waals surface area contributed by atoms with Crippen molar-refractivity contribution in [3.05, 3.63) is 69.8 Å². The van der Waals surface area contributed by atoms with Gasteiger partial charge < -0.3 is 9.73 Å². The van der Waals surface area contributed by atoms with Crippen LogP contribution in [-0.2, 0) is 23.0 Å². The Morgan fingerprint density at radius 3 is 2.57 bits per heavy atom. The van der Waals surface area contributed by atoms with Crippen LogP contribution in [0.3, 0.4) is 0 Å². The highest BCUT2D eigenvalue weighted by atomic mass is 32.2. The van der Waals surface area contributed by atoms with Gasteiger partial charge in [0, 0.05) is 10.6 Å². The Hall–Kier alpha value is -2.42. The van der Waals surface area contributed by atoms with Crippen LogP contribution in [0.1, 0.15) is 39.2 Å². The molecule has 2 aromatic heterocycles. The van der Waals surface area contributed by atoms with E-state index in [1.807, 2.05) is 13.0 Å². The van der Waals surface area contributed by atoms with Crippen molar-refractivity contribution in [1.82, 2.24) is 4.72 Å². The highest BCUT2D eigenvalue weighted by molar-refractivity contribution is 7.89. The number of aryl methyl sites for hydroxylation is 2. The number of anilines is 1. The number of carbonyl (C=O) groups is 1. The molecule has 0 fully saturated rings. The van der Waals surface area contributed by atoms with Gasteiger partial charge in [0.15, 0.2) is 0 Å². The SMILES string of the molecule is CCCc1cc(C(=O)Nc2ccc(S(=O)(=O)NCc3ccco3)cc2)sc1C. The third-order valence-corrected chi connectivity index (χ3v) is 6.71. The standard InChI is InChI=1S/C20H22N2O4S2/c1-3-5-15-12-19(27-14(15)2)20(23)22-16-7-9-18(10-8-16)28(24,25)21-13-17-6-4-11-26-17/h4,6-12,21H,3,5,13H2,1-2H3,(H,22,23). The van der Waals surface area contributed by atoms with Gasteiger partial charge in [-0.3, -0.25) is 4.79 Å². The maximum atomic E-state index is 12.5. The van der Waals surface area contributed by atoms with Crippen LogP contribution in [0.5, 0.6) is 0 Å². The lowest BCUT2D eigenvalue weighted by Crippen LogP contribution is -2.23. The molecule has 8 heteroatoms. The maximum Gasteiger partial charge on any atom is 0.265 e. The monoisotopic (exact) mass is 418 g/mol.